The molecule has 0 aromatic heterocycles. The Balaban J connectivity index is 0.00000132. The summed E-state index contributed by atoms with van der Waals surface area (Å²) in [4.78, 5) is 0. The molecule has 0 aromatic carbocycles. The van der Waals surface area contributed by atoms with Crippen LogP contribution in [0.15, 0.2) is 23.8 Å². The summed E-state index contributed by atoms with van der Waals surface area (Å²) >= 11 is 0. The van der Waals surface area contributed by atoms with Gasteiger partial charge in [-0.05, 0) is 111 Å². The van der Waals surface area contributed by atoms with Crippen molar-refractivity contribution in [3.8, 4) is 0 Å². The fourth-order valence-corrected chi connectivity index (χ4v) is 8.39. The van der Waals surface area contributed by atoms with E-state index in [4.69, 9.17) is 0 Å². The van der Waals surface area contributed by atoms with Gasteiger partial charge >= 0.3 is 0 Å². The van der Waals surface area contributed by atoms with Crippen LogP contribution < -0.4 is 0 Å². The van der Waals surface area contributed by atoms with E-state index in [0.29, 0.717) is 10.8 Å². The number of rotatable bonds is 5. The maximum atomic E-state index is 10.2. The van der Waals surface area contributed by atoms with Crippen LogP contribution in [0, 0.1) is 46.3 Å². The monoisotopic (exact) mass is 428 g/mol. The maximum Gasteiger partial charge on any atom is 0.0577 e. The summed E-state index contributed by atoms with van der Waals surface area (Å²) in [6, 6.07) is 0. The minimum atomic E-state index is -0.0832. The third kappa shape index (κ3) is 4.60. The summed E-state index contributed by atoms with van der Waals surface area (Å²) in [5.74, 6) is 5.09. The normalized spacial score (nSPS) is 42.9. The molecule has 1 N–H and O–H groups in total. The molecule has 0 aliphatic heterocycles. The second-order valence-electron chi connectivity index (χ2n) is 12.0. The highest BCUT2D eigenvalue weighted by atomic mass is 16.3. The first kappa shape index (κ1) is 25.1. The zero-order valence-corrected chi connectivity index (χ0v) is 21.8. The van der Waals surface area contributed by atoms with E-state index in [1.807, 2.05) is 13.8 Å². The van der Waals surface area contributed by atoms with Gasteiger partial charge in [-0.1, -0.05) is 72.3 Å². The van der Waals surface area contributed by atoms with Gasteiger partial charge in [0.1, 0.15) is 0 Å². The Hall–Kier alpha value is -0.560. The number of hydrogen-bond donors (Lipinski definition) is 1. The molecule has 0 radical (unpaired) electrons. The lowest BCUT2D eigenvalue weighted by Crippen LogP contribution is -2.50. The van der Waals surface area contributed by atoms with E-state index < -0.39 is 0 Å². The highest BCUT2D eigenvalue weighted by molar-refractivity contribution is 5.25. The SMILES string of the molecule is CC.CCC(/C=C/CC1CCC2C3CC=C4CC(O)CCC4(C)C3CCC12C)C(C)C. The molecule has 4 rings (SSSR count). The van der Waals surface area contributed by atoms with Crippen molar-refractivity contribution in [1.82, 2.24) is 0 Å². The molecule has 4 aliphatic rings. The van der Waals surface area contributed by atoms with E-state index in [1.165, 1.54) is 51.4 Å². The predicted molar refractivity (Wildman–Crippen MR) is 135 cm³/mol. The van der Waals surface area contributed by atoms with Crippen LogP contribution >= 0.6 is 0 Å². The molecule has 0 bridgehead atoms. The molecule has 0 amide bonds. The average Bonchev–Trinajstić information content (AvgIpc) is 3.09. The van der Waals surface area contributed by atoms with Crippen molar-refractivity contribution < 1.29 is 5.11 Å². The van der Waals surface area contributed by atoms with Crippen LogP contribution in [-0.4, -0.2) is 11.2 Å². The molecule has 0 aromatic rings. The van der Waals surface area contributed by atoms with Gasteiger partial charge in [-0.25, -0.2) is 0 Å². The third-order valence-corrected chi connectivity index (χ3v) is 10.4. The van der Waals surface area contributed by atoms with Crippen molar-refractivity contribution in [2.45, 2.75) is 119 Å². The predicted octanol–water partition coefficient (Wildman–Crippen LogP) is 8.58. The molecular weight excluding hydrogens is 376 g/mol. The topological polar surface area (TPSA) is 20.2 Å². The van der Waals surface area contributed by atoms with Gasteiger partial charge in [0.15, 0.2) is 0 Å². The van der Waals surface area contributed by atoms with E-state index in [0.717, 1.165) is 48.3 Å². The van der Waals surface area contributed by atoms with Crippen molar-refractivity contribution in [1.29, 1.82) is 0 Å². The van der Waals surface area contributed by atoms with Crippen LogP contribution in [0.5, 0.6) is 0 Å². The van der Waals surface area contributed by atoms with Crippen molar-refractivity contribution >= 4 is 0 Å². The zero-order chi connectivity index (χ0) is 22.8. The Bertz CT molecular complexity index is 645. The number of aliphatic hydroxyl groups is 1. The second-order valence-corrected chi connectivity index (χ2v) is 12.0. The number of hydrogen-bond acceptors (Lipinski definition) is 1. The van der Waals surface area contributed by atoms with E-state index in [1.54, 1.807) is 5.57 Å². The first-order valence-corrected chi connectivity index (χ1v) is 13.8. The van der Waals surface area contributed by atoms with Gasteiger partial charge in [0, 0.05) is 0 Å². The highest BCUT2D eigenvalue weighted by Gasteiger charge is 2.58. The second kappa shape index (κ2) is 10.1. The Morgan fingerprint density at radius 1 is 1.06 bits per heavy atom. The standard InChI is InChI=1S/C28H46O.C2H6/c1-6-20(19(2)3)8-7-9-21-11-13-25-24-12-10-22-18-23(29)14-16-28(22,5)26(24)15-17-27(21,25)4;1-2/h7-8,10,19-21,23-26,29H,6,9,11-18H2,1-5H3;1-2H3/b8-7+;. The number of aliphatic hydroxyl groups excluding tert-OH is 1. The first-order chi connectivity index (χ1) is 14.8. The Morgan fingerprint density at radius 3 is 2.48 bits per heavy atom. The number of fused-ring (bicyclic) bond motifs is 5. The van der Waals surface area contributed by atoms with Gasteiger partial charge in [-0.3, -0.25) is 0 Å². The minimum absolute atomic E-state index is 0.0832. The molecule has 3 fully saturated rings. The molecule has 4 aliphatic carbocycles. The summed E-state index contributed by atoms with van der Waals surface area (Å²) in [6.45, 7) is 16.3. The molecule has 8 atom stereocenters. The lowest BCUT2D eigenvalue weighted by molar-refractivity contribution is -0.0492. The largest absolute Gasteiger partial charge is 0.393 e. The molecule has 31 heavy (non-hydrogen) atoms. The van der Waals surface area contributed by atoms with Crippen molar-refractivity contribution in [2.75, 3.05) is 0 Å². The quantitative estimate of drug-likeness (QED) is 0.435. The highest BCUT2D eigenvalue weighted by Crippen LogP contribution is 2.66. The van der Waals surface area contributed by atoms with E-state index in [2.05, 4.69) is 52.8 Å². The molecule has 0 heterocycles. The summed E-state index contributed by atoms with van der Waals surface area (Å²) in [6.07, 6.45) is 20.4. The molecule has 0 saturated heterocycles. The van der Waals surface area contributed by atoms with E-state index in [-0.39, 0.29) is 6.10 Å². The first-order valence-electron chi connectivity index (χ1n) is 13.8. The summed E-state index contributed by atoms with van der Waals surface area (Å²) in [5.41, 5.74) is 2.55. The Morgan fingerprint density at radius 2 is 1.81 bits per heavy atom. The van der Waals surface area contributed by atoms with E-state index in [9.17, 15) is 5.11 Å². The molecule has 0 spiro atoms. The van der Waals surface area contributed by atoms with Crippen LogP contribution in [0.1, 0.15) is 113 Å². The summed E-state index contributed by atoms with van der Waals surface area (Å²) in [7, 11) is 0. The average molecular weight is 429 g/mol. The van der Waals surface area contributed by atoms with Gasteiger partial charge in [-0.2, -0.15) is 0 Å². The maximum absolute atomic E-state index is 10.2. The molecule has 1 heteroatoms. The fourth-order valence-electron chi connectivity index (χ4n) is 8.39. The lowest BCUT2D eigenvalue weighted by atomic mass is 9.47. The van der Waals surface area contributed by atoms with E-state index >= 15 is 0 Å². The molecule has 3 saturated carbocycles. The molecule has 8 unspecified atom stereocenters. The van der Waals surface area contributed by atoms with Gasteiger partial charge in [-0.15, -0.1) is 0 Å². The Labute approximate surface area is 194 Å². The third-order valence-electron chi connectivity index (χ3n) is 10.4. The molecular formula is C30H52O. The van der Waals surface area contributed by atoms with Crippen molar-refractivity contribution in [2.24, 2.45) is 46.3 Å². The van der Waals surface area contributed by atoms with Gasteiger partial charge in [0.2, 0.25) is 0 Å². The fraction of sp³-hybridized carbons (Fsp3) is 0.867. The minimum Gasteiger partial charge on any atom is -0.393 e. The van der Waals surface area contributed by atoms with Gasteiger partial charge in [0.25, 0.3) is 0 Å². The van der Waals surface area contributed by atoms with Crippen LogP contribution in [0.2, 0.25) is 0 Å². The summed E-state index contributed by atoms with van der Waals surface area (Å²) < 4.78 is 0. The smallest absolute Gasteiger partial charge is 0.0577 e. The Kier molecular flexibility index (Phi) is 8.21. The van der Waals surface area contributed by atoms with Crippen LogP contribution in [0.4, 0.5) is 0 Å². The van der Waals surface area contributed by atoms with Crippen molar-refractivity contribution in [3.05, 3.63) is 23.8 Å². The van der Waals surface area contributed by atoms with Crippen LogP contribution in [-0.2, 0) is 0 Å². The summed E-state index contributed by atoms with van der Waals surface area (Å²) in [5, 5.41) is 10.2. The van der Waals surface area contributed by atoms with Gasteiger partial charge < -0.3 is 5.11 Å². The van der Waals surface area contributed by atoms with Crippen LogP contribution in [0.3, 0.4) is 0 Å². The van der Waals surface area contributed by atoms with Crippen LogP contribution in [0.25, 0.3) is 0 Å². The van der Waals surface area contributed by atoms with Crippen molar-refractivity contribution in [3.63, 3.8) is 0 Å². The molecule has 1 nitrogen and oxygen atoms in total. The number of allylic oxidation sites excluding steroid dienone is 3. The van der Waals surface area contributed by atoms with Gasteiger partial charge in [0.05, 0.1) is 6.10 Å². The lowest BCUT2D eigenvalue weighted by Gasteiger charge is -2.58. The molecule has 178 valence electrons. The zero-order valence-electron chi connectivity index (χ0n) is 21.8.